The normalized spacial score (nSPS) is 29.3. The monoisotopic (exact) mass is 310 g/mol. The minimum Gasteiger partial charge on any atom is -0.377 e. The van der Waals surface area contributed by atoms with Gasteiger partial charge in [0.05, 0.1) is 6.10 Å². The number of piperidine rings is 1. The van der Waals surface area contributed by atoms with Crippen LogP contribution in [0.15, 0.2) is 0 Å². The zero-order chi connectivity index (χ0) is 13.9. The van der Waals surface area contributed by atoms with Crippen LogP contribution in [0.4, 0.5) is 0 Å². The molecule has 0 N–H and O–H groups in total. The van der Waals surface area contributed by atoms with E-state index in [1.807, 2.05) is 6.92 Å². The van der Waals surface area contributed by atoms with Crippen LogP contribution in [0.25, 0.3) is 0 Å². The zero-order valence-corrected chi connectivity index (χ0v) is 13.0. The van der Waals surface area contributed by atoms with Crippen molar-refractivity contribution in [3.05, 3.63) is 0 Å². The predicted octanol–water partition coefficient (Wildman–Crippen LogP) is 1.29. The first-order valence-corrected chi connectivity index (χ1v) is 8.90. The van der Waals surface area contributed by atoms with Gasteiger partial charge in [-0.1, -0.05) is 0 Å². The number of halogens is 1. The van der Waals surface area contributed by atoms with Gasteiger partial charge >= 0.3 is 0 Å². The molecule has 2 saturated heterocycles. The fraction of sp³-hybridized carbons (Fsp3) is 1.00. The minimum absolute atomic E-state index is 0.0299. The molecule has 0 spiro atoms. The van der Waals surface area contributed by atoms with Crippen molar-refractivity contribution in [2.24, 2.45) is 5.92 Å². The average molecular weight is 311 g/mol. The highest BCUT2D eigenvalue weighted by molar-refractivity contribution is 7.86. The van der Waals surface area contributed by atoms with Crippen molar-refractivity contribution in [1.82, 2.24) is 8.61 Å². The summed E-state index contributed by atoms with van der Waals surface area (Å²) in [7, 11) is -3.33. The van der Waals surface area contributed by atoms with E-state index in [4.69, 9.17) is 16.3 Å². The van der Waals surface area contributed by atoms with E-state index >= 15 is 0 Å². The van der Waals surface area contributed by atoms with Gasteiger partial charge in [-0.05, 0) is 32.1 Å². The summed E-state index contributed by atoms with van der Waals surface area (Å²) in [6.07, 6.45) is 2.46. The summed E-state index contributed by atoms with van der Waals surface area (Å²) in [5.41, 5.74) is 0. The van der Waals surface area contributed by atoms with Crippen molar-refractivity contribution in [3.63, 3.8) is 0 Å². The molecule has 0 aromatic heterocycles. The van der Waals surface area contributed by atoms with Crippen LogP contribution in [-0.4, -0.2) is 61.8 Å². The van der Waals surface area contributed by atoms with E-state index in [-0.39, 0.29) is 6.10 Å². The lowest BCUT2D eigenvalue weighted by Crippen LogP contribution is -2.48. The van der Waals surface area contributed by atoms with Gasteiger partial charge in [-0.25, -0.2) is 0 Å². The van der Waals surface area contributed by atoms with Gasteiger partial charge in [0.2, 0.25) is 0 Å². The summed E-state index contributed by atoms with van der Waals surface area (Å²) in [5, 5.41) is 0. The maximum atomic E-state index is 12.6. The first-order chi connectivity index (χ1) is 9.04. The third kappa shape index (κ3) is 3.82. The van der Waals surface area contributed by atoms with Crippen LogP contribution in [0, 0.1) is 5.92 Å². The molecule has 2 aliphatic rings. The van der Waals surface area contributed by atoms with Crippen LogP contribution >= 0.6 is 11.6 Å². The highest BCUT2D eigenvalue weighted by Gasteiger charge is 2.34. The topological polar surface area (TPSA) is 49.9 Å². The second-order valence-electron chi connectivity index (χ2n) is 5.40. The predicted molar refractivity (Wildman–Crippen MR) is 75.5 cm³/mol. The van der Waals surface area contributed by atoms with E-state index in [1.165, 1.54) is 0 Å². The first kappa shape index (κ1) is 15.5. The van der Waals surface area contributed by atoms with E-state index in [0.717, 1.165) is 19.3 Å². The van der Waals surface area contributed by atoms with Crippen LogP contribution < -0.4 is 0 Å². The molecule has 7 heteroatoms. The van der Waals surface area contributed by atoms with Crippen molar-refractivity contribution in [3.8, 4) is 0 Å². The third-order valence-electron chi connectivity index (χ3n) is 3.86. The molecular weight excluding hydrogens is 288 g/mol. The zero-order valence-electron chi connectivity index (χ0n) is 11.4. The summed E-state index contributed by atoms with van der Waals surface area (Å²) < 4.78 is 33.9. The Morgan fingerprint density at radius 3 is 2.53 bits per heavy atom. The summed E-state index contributed by atoms with van der Waals surface area (Å²) in [5.74, 6) is 1.09. The Bertz CT molecular complexity index is 382. The first-order valence-electron chi connectivity index (χ1n) is 6.97. The Balaban J connectivity index is 2.01. The van der Waals surface area contributed by atoms with Crippen molar-refractivity contribution in [2.45, 2.75) is 32.3 Å². The number of alkyl halides is 1. The summed E-state index contributed by atoms with van der Waals surface area (Å²) >= 11 is 5.84. The van der Waals surface area contributed by atoms with Crippen molar-refractivity contribution >= 4 is 21.8 Å². The maximum Gasteiger partial charge on any atom is 0.282 e. The molecule has 0 radical (unpaired) electrons. The smallest absolute Gasteiger partial charge is 0.282 e. The average Bonchev–Trinajstić information content (AvgIpc) is 2.64. The molecular formula is C12H23ClN2O3S. The van der Waals surface area contributed by atoms with E-state index in [0.29, 0.717) is 44.6 Å². The van der Waals surface area contributed by atoms with E-state index < -0.39 is 10.2 Å². The maximum absolute atomic E-state index is 12.6. The van der Waals surface area contributed by atoms with E-state index in [9.17, 15) is 8.42 Å². The Hall–Kier alpha value is 0.120. The molecule has 19 heavy (non-hydrogen) atoms. The Kier molecular flexibility index (Phi) is 5.48. The number of rotatable bonds is 3. The molecule has 0 aromatic carbocycles. The molecule has 0 amide bonds. The number of hydrogen-bond acceptors (Lipinski definition) is 3. The van der Waals surface area contributed by atoms with Gasteiger partial charge in [-0.2, -0.15) is 17.0 Å². The number of hydrogen-bond donors (Lipinski definition) is 0. The molecule has 1 unspecified atom stereocenters. The van der Waals surface area contributed by atoms with Gasteiger partial charge in [0.15, 0.2) is 0 Å². The fourth-order valence-corrected chi connectivity index (χ4v) is 4.69. The van der Waals surface area contributed by atoms with Crippen molar-refractivity contribution < 1.29 is 13.2 Å². The molecule has 5 nitrogen and oxygen atoms in total. The third-order valence-corrected chi connectivity index (χ3v) is 6.30. The van der Waals surface area contributed by atoms with Crippen LogP contribution in [-0.2, 0) is 14.9 Å². The standard InChI is InChI=1S/C12H23ClN2O3S/c1-11-10-15(5-2-8-18-11)19(16,17)14-6-3-12(9-13)4-7-14/h11-12H,2-10H2,1H3. The molecule has 2 fully saturated rings. The van der Waals surface area contributed by atoms with Crippen molar-refractivity contribution in [2.75, 3.05) is 38.7 Å². The second kappa shape index (κ2) is 6.72. The van der Waals surface area contributed by atoms with E-state index in [1.54, 1.807) is 8.61 Å². The quantitative estimate of drug-likeness (QED) is 0.738. The molecule has 0 saturated carbocycles. The van der Waals surface area contributed by atoms with Gasteiger partial charge in [-0.3, -0.25) is 0 Å². The lowest BCUT2D eigenvalue weighted by Gasteiger charge is -2.34. The summed E-state index contributed by atoms with van der Waals surface area (Å²) in [4.78, 5) is 0. The molecule has 2 heterocycles. The lowest BCUT2D eigenvalue weighted by molar-refractivity contribution is 0.0745. The number of nitrogens with zero attached hydrogens (tertiary/aromatic N) is 2. The Morgan fingerprint density at radius 2 is 1.89 bits per heavy atom. The largest absolute Gasteiger partial charge is 0.377 e. The van der Waals surface area contributed by atoms with Crippen LogP contribution in [0.3, 0.4) is 0 Å². The SMILES string of the molecule is CC1CN(S(=O)(=O)N2CCC(CCl)CC2)CCCO1. The van der Waals surface area contributed by atoms with Gasteiger partial charge in [0.25, 0.3) is 10.2 Å². The minimum atomic E-state index is -3.33. The molecule has 0 aliphatic carbocycles. The van der Waals surface area contributed by atoms with Crippen LogP contribution in [0.2, 0.25) is 0 Å². The Labute approximate surface area is 121 Å². The number of ether oxygens (including phenoxy) is 1. The molecule has 0 bridgehead atoms. The molecule has 0 aromatic rings. The molecule has 112 valence electrons. The molecule has 1 atom stereocenters. The van der Waals surface area contributed by atoms with Gasteiger partial charge in [-0.15, -0.1) is 11.6 Å². The van der Waals surface area contributed by atoms with Crippen LogP contribution in [0.5, 0.6) is 0 Å². The molecule has 2 rings (SSSR count). The lowest BCUT2D eigenvalue weighted by atomic mass is 10.0. The molecule has 2 aliphatic heterocycles. The highest BCUT2D eigenvalue weighted by atomic mass is 35.5. The highest BCUT2D eigenvalue weighted by Crippen LogP contribution is 2.23. The van der Waals surface area contributed by atoms with Crippen molar-refractivity contribution in [1.29, 1.82) is 0 Å². The fourth-order valence-electron chi connectivity index (χ4n) is 2.62. The van der Waals surface area contributed by atoms with Gasteiger partial charge in [0.1, 0.15) is 0 Å². The van der Waals surface area contributed by atoms with Gasteiger partial charge < -0.3 is 4.74 Å². The second-order valence-corrected chi connectivity index (χ2v) is 7.63. The summed E-state index contributed by atoms with van der Waals surface area (Å²) in [6.45, 7) is 4.76. The van der Waals surface area contributed by atoms with Gasteiger partial charge in [0, 0.05) is 38.7 Å². The summed E-state index contributed by atoms with van der Waals surface area (Å²) in [6, 6.07) is 0. The van der Waals surface area contributed by atoms with Crippen LogP contribution in [0.1, 0.15) is 26.2 Å². The van der Waals surface area contributed by atoms with E-state index in [2.05, 4.69) is 0 Å². The Morgan fingerprint density at radius 1 is 1.21 bits per heavy atom.